The lowest BCUT2D eigenvalue weighted by Gasteiger charge is -2.06. The Labute approximate surface area is 137 Å². The molecule has 1 aromatic heterocycles. The zero-order chi connectivity index (χ0) is 15.9. The van der Waals surface area contributed by atoms with Crippen LogP contribution < -0.4 is 10.2 Å². The number of nitro groups is 1. The van der Waals surface area contributed by atoms with E-state index in [0.29, 0.717) is 10.6 Å². The van der Waals surface area contributed by atoms with Gasteiger partial charge in [-0.15, -0.1) is 0 Å². The summed E-state index contributed by atoms with van der Waals surface area (Å²) in [7, 11) is 0. The Balaban J connectivity index is 1.81. The minimum absolute atomic E-state index is 0.0186. The summed E-state index contributed by atoms with van der Waals surface area (Å²) in [5.41, 5.74) is 2.29. The molecule has 1 N–H and O–H groups in total. The van der Waals surface area contributed by atoms with Crippen LogP contribution in [0.2, 0.25) is 0 Å². The van der Waals surface area contributed by atoms with E-state index in [9.17, 15) is 14.9 Å². The first-order chi connectivity index (χ1) is 10.6. The molecular weight excluding hydrogens is 374 g/mol. The Kier molecular flexibility index (Phi) is 5.61. The fourth-order valence-corrected chi connectivity index (χ4v) is 2.51. The quantitative estimate of drug-likeness (QED) is 0.471. The standard InChI is InChI=1S/C13H10BrN3O4S/c14-10-3-1-2-4-11(10)21-8-12(18)16-15-7-9-5-6-13(22-9)17(19)20/h1-7H,8H2,(H,16,18)/b15-7+. The summed E-state index contributed by atoms with van der Waals surface area (Å²) in [5, 5.41) is 14.3. The molecular formula is C13H10BrN3O4S. The van der Waals surface area contributed by atoms with Gasteiger partial charge in [0.05, 0.1) is 20.5 Å². The number of nitrogens with one attached hydrogen (secondary N) is 1. The van der Waals surface area contributed by atoms with E-state index in [2.05, 4.69) is 26.5 Å². The molecule has 1 aromatic carbocycles. The Morgan fingerprint density at radius 1 is 1.41 bits per heavy atom. The van der Waals surface area contributed by atoms with Crippen molar-refractivity contribution >= 4 is 44.4 Å². The Bertz CT molecular complexity index is 717. The molecule has 0 saturated carbocycles. The number of carbonyl (C=O) groups is 1. The van der Waals surface area contributed by atoms with Gasteiger partial charge in [-0.05, 0) is 34.1 Å². The zero-order valence-electron chi connectivity index (χ0n) is 11.1. The van der Waals surface area contributed by atoms with Gasteiger partial charge in [-0.1, -0.05) is 23.5 Å². The SMILES string of the molecule is O=C(COc1ccccc1Br)N/N=C/c1ccc([N+](=O)[O-])s1. The predicted octanol–water partition coefficient (Wildman–Crippen LogP) is 2.95. The molecule has 1 amide bonds. The first kappa shape index (κ1) is 16.1. The van der Waals surface area contributed by atoms with E-state index in [1.807, 2.05) is 6.07 Å². The van der Waals surface area contributed by atoms with Crippen molar-refractivity contribution in [3.8, 4) is 5.75 Å². The molecule has 22 heavy (non-hydrogen) atoms. The van der Waals surface area contributed by atoms with Crippen molar-refractivity contribution in [1.29, 1.82) is 0 Å². The Hall–Kier alpha value is -2.26. The maximum absolute atomic E-state index is 11.6. The van der Waals surface area contributed by atoms with Gasteiger partial charge >= 0.3 is 5.00 Å². The van der Waals surface area contributed by atoms with Crippen molar-refractivity contribution in [3.05, 3.63) is 55.9 Å². The van der Waals surface area contributed by atoms with Gasteiger partial charge in [-0.2, -0.15) is 5.10 Å². The van der Waals surface area contributed by atoms with Gasteiger partial charge in [0, 0.05) is 6.07 Å². The molecule has 0 radical (unpaired) electrons. The highest BCUT2D eigenvalue weighted by Crippen LogP contribution is 2.23. The fraction of sp³-hybridized carbons (Fsp3) is 0.0769. The lowest BCUT2D eigenvalue weighted by molar-refractivity contribution is -0.380. The van der Waals surface area contributed by atoms with E-state index in [-0.39, 0.29) is 11.6 Å². The van der Waals surface area contributed by atoms with Gasteiger partial charge in [0.25, 0.3) is 5.91 Å². The molecule has 0 aliphatic rings. The van der Waals surface area contributed by atoms with Gasteiger partial charge in [-0.3, -0.25) is 14.9 Å². The molecule has 0 aliphatic carbocycles. The van der Waals surface area contributed by atoms with Gasteiger partial charge in [0.2, 0.25) is 0 Å². The number of hydrogen-bond acceptors (Lipinski definition) is 6. The molecule has 0 aliphatic heterocycles. The number of nitrogens with zero attached hydrogens (tertiary/aromatic N) is 2. The van der Waals surface area contributed by atoms with Crippen molar-refractivity contribution < 1.29 is 14.5 Å². The number of carbonyl (C=O) groups excluding carboxylic acids is 1. The maximum Gasteiger partial charge on any atom is 0.324 e. The highest BCUT2D eigenvalue weighted by atomic mass is 79.9. The topological polar surface area (TPSA) is 93.8 Å². The monoisotopic (exact) mass is 383 g/mol. The average Bonchev–Trinajstić information content (AvgIpc) is 2.95. The van der Waals surface area contributed by atoms with E-state index in [1.165, 1.54) is 12.3 Å². The first-order valence-electron chi connectivity index (χ1n) is 5.99. The second-order valence-electron chi connectivity index (χ2n) is 3.95. The second-order valence-corrected chi connectivity index (χ2v) is 5.89. The summed E-state index contributed by atoms with van der Waals surface area (Å²) in [4.78, 5) is 22.2. The Morgan fingerprint density at radius 2 is 2.18 bits per heavy atom. The third-order valence-corrected chi connectivity index (χ3v) is 4.00. The van der Waals surface area contributed by atoms with Crippen LogP contribution in [0.4, 0.5) is 5.00 Å². The summed E-state index contributed by atoms with van der Waals surface area (Å²) in [5.74, 6) is 0.119. The lowest BCUT2D eigenvalue weighted by atomic mass is 10.3. The lowest BCUT2D eigenvalue weighted by Crippen LogP contribution is -2.24. The molecule has 2 aromatic rings. The fourth-order valence-electron chi connectivity index (χ4n) is 1.41. The van der Waals surface area contributed by atoms with Crippen LogP contribution in [-0.2, 0) is 4.79 Å². The van der Waals surface area contributed by atoms with Crippen molar-refractivity contribution in [1.82, 2.24) is 5.43 Å². The molecule has 2 rings (SSSR count). The second kappa shape index (κ2) is 7.66. The summed E-state index contributed by atoms with van der Waals surface area (Å²) >= 11 is 4.27. The van der Waals surface area contributed by atoms with Crippen LogP contribution >= 0.6 is 27.3 Å². The normalized spacial score (nSPS) is 10.6. The summed E-state index contributed by atoms with van der Waals surface area (Å²) in [6.07, 6.45) is 1.34. The zero-order valence-corrected chi connectivity index (χ0v) is 13.5. The van der Waals surface area contributed by atoms with E-state index < -0.39 is 10.8 Å². The number of ether oxygens (including phenoxy) is 1. The highest BCUT2D eigenvalue weighted by Gasteiger charge is 2.08. The molecule has 0 unspecified atom stereocenters. The molecule has 1 heterocycles. The van der Waals surface area contributed by atoms with Crippen LogP contribution in [0.5, 0.6) is 5.75 Å². The van der Waals surface area contributed by atoms with E-state index in [1.54, 1.807) is 24.3 Å². The number of benzene rings is 1. The number of para-hydroxylation sites is 1. The van der Waals surface area contributed by atoms with Crippen LogP contribution in [0.25, 0.3) is 0 Å². The van der Waals surface area contributed by atoms with Crippen molar-refractivity contribution in [2.24, 2.45) is 5.10 Å². The first-order valence-corrected chi connectivity index (χ1v) is 7.60. The van der Waals surface area contributed by atoms with Crippen LogP contribution in [0.15, 0.2) is 46.0 Å². The van der Waals surface area contributed by atoms with Gasteiger partial charge in [0.1, 0.15) is 5.75 Å². The third-order valence-electron chi connectivity index (χ3n) is 2.37. The van der Waals surface area contributed by atoms with Crippen molar-refractivity contribution in [2.45, 2.75) is 0 Å². The van der Waals surface area contributed by atoms with Crippen LogP contribution in [0, 0.1) is 10.1 Å². The van der Waals surface area contributed by atoms with E-state index >= 15 is 0 Å². The average molecular weight is 384 g/mol. The van der Waals surface area contributed by atoms with Gasteiger partial charge in [0.15, 0.2) is 6.61 Å². The number of hydrogen-bond donors (Lipinski definition) is 1. The van der Waals surface area contributed by atoms with Crippen molar-refractivity contribution in [2.75, 3.05) is 6.61 Å². The molecule has 0 spiro atoms. The minimum Gasteiger partial charge on any atom is -0.483 e. The molecule has 0 bridgehead atoms. The van der Waals surface area contributed by atoms with Gasteiger partial charge < -0.3 is 4.74 Å². The van der Waals surface area contributed by atoms with Crippen molar-refractivity contribution in [3.63, 3.8) is 0 Å². The predicted molar refractivity (Wildman–Crippen MR) is 86.3 cm³/mol. The number of hydrazone groups is 1. The number of halogens is 1. The van der Waals surface area contributed by atoms with Crippen LogP contribution in [0.3, 0.4) is 0 Å². The van der Waals surface area contributed by atoms with E-state index in [0.717, 1.165) is 15.8 Å². The summed E-state index contributed by atoms with van der Waals surface area (Å²) in [6, 6.07) is 10.1. The number of amides is 1. The molecule has 9 heteroatoms. The Morgan fingerprint density at radius 3 is 2.86 bits per heavy atom. The molecule has 0 fully saturated rings. The molecule has 114 valence electrons. The molecule has 0 atom stereocenters. The van der Waals surface area contributed by atoms with Crippen LogP contribution in [-0.4, -0.2) is 23.7 Å². The minimum atomic E-state index is -0.480. The van der Waals surface area contributed by atoms with E-state index in [4.69, 9.17) is 4.74 Å². The van der Waals surface area contributed by atoms with Crippen LogP contribution in [0.1, 0.15) is 4.88 Å². The largest absolute Gasteiger partial charge is 0.483 e. The summed E-state index contributed by atoms with van der Waals surface area (Å²) in [6.45, 7) is -0.190. The smallest absolute Gasteiger partial charge is 0.324 e. The highest BCUT2D eigenvalue weighted by molar-refractivity contribution is 9.10. The maximum atomic E-state index is 11.6. The summed E-state index contributed by atoms with van der Waals surface area (Å²) < 4.78 is 6.06. The number of rotatable bonds is 6. The molecule has 7 nitrogen and oxygen atoms in total. The third kappa shape index (κ3) is 4.64. The number of thiophene rings is 1. The molecule has 0 saturated heterocycles. The van der Waals surface area contributed by atoms with Gasteiger partial charge in [-0.25, -0.2) is 5.43 Å².